The van der Waals surface area contributed by atoms with Crippen molar-refractivity contribution in [2.45, 2.75) is 12.8 Å². The van der Waals surface area contributed by atoms with Crippen LogP contribution in [-0.2, 0) is 7.05 Å². The topological polar surface area (TPSA) is 68.4 Å². The van der Waals surface area contributed by atoms with Crippen LogP contribution < -0.4 is 0 Å². The molecule has 2 aliphatic heterocycles. The van der Waals surface area contributed by atoms with E-state index >= 15 is 0 Å². The zero-order chi connectivity index (χ0) is 31.7. The quantitative estimate of drug-likeness (QED) is 0.173. The molecule has 46 heavy (non-hydrogen) atoms. The third-order valence-corrected chi connectivity index (χ3v) is 9.27. The van der Waals surface area contributed by atoms with Crippen molar-refractivity contribution < 1.29 is 0 Å². The summed E-state index contributed by atoms with van der Waals surface area (Å²) < 4.78 is 2.07. The van der Waals surface area contributed by atoms with Gasteiger partial charge in [0.05, 0.1) is 5.69 Å². The first kappa shape index (κ1) is 32.2. The zero-order valence-electron chi connectivity index (χ0n) is 27.9. The lowest BCUT2D eigenvalue weighted by atomic mass is 10.1. The van der Waals surface area contributed by atoms with Gasteiger partial charge in [0, 0.05) is 108 Å². The van der Waals surface area contributed by atoms with Gasteiger partial charge in [0.15, 0.2) is 5.82 Å². The molecule has 2 saturated heterocycles. The van der Waals surface area contributed by atoms with E-state index in [1.54, 1.807) is 0 Å². The minimum Gasteiger partial charge on any atom is -0.335 e. The average Bonchev–Trinajstić information content (AvgIpc) is 3.46. The maximum Gasteiger partial charge on any atom is 0.162 e. The van der Waals surface area contributed by atoms with E-state index in [2.05, 4.69) is 104 Å². The number of benzene rings is 2. The summed E-state index contributed by atoms with van der Waals surface area (Å²) in [4.78, 5) is 29.3. The van der Waals surface area contributed by atoms with Gasteiger partial charge in [-0.1, -0.05) is 48.5 Å². The second-order valence-corrected chi connectivity index (χ2v) is 12.9. The summed E-state index contributed by atoms with van der Waals surface area (Å²) in [7, 11) is 6.44. The Hall–Kier alpha value is -3.76. The van der Waals surface area contributed by atoms with Gasteiger partial charge in [-0.2, -0.15) is 0 Å². The average molecular weight is 620 g/mol. The summed E-state index contributed by atoms with van der Waals surface area (Å²) in [6, 6.07) is 19.1. The first-order valence-corrected chi connectivity index (χ1v) is 16.9. The molecule has 0 bridgehead atoms. The number of aliphatic imine (C=N–C) groups is 2. The SMILES string of the molecule is CN1CCN(CCCN=Cc2ccc(-c3nc(-c4ccc(C=NCCCN5CCN(C)CC5)cc4)c4ccn(C)c4n3)cc2)CC1. The molecule has 0 saturated carbocycles. The number of hydrogen-bond acceptors (Lipinski definition) is 8. The van der Waals surface area contributed by atoms with Gasteiger partial charge in [-0.3, -0.25) is 9.98 Å². The molecule has 9 nitrogen and oxygen atoms in total. The molecule has 0 spiro atoms. The highest BCUT2D eigenvalue weighted by Crippen LogP contribution is 2.29. The van der Waals surface area contributed by atoms with E-state index in [4.69, 9.17) is 15.0 Å². The van der Waals surface area contributed by atoms with Crippen LogP contribution in [0.1, 0.15) is 24.0 Å². The van der Waals surface area contributed by atoms with E-state index in [-0.39, 0.29) is 0 Å². The molecule has 0 unspecified atom stereocenters. The lowest BCUT2D eigenvalue weighted by Gasteiger charge is -2.32. The predicted molar refractivity (Wildman–Crippen MR) is 191 cm³/mol. The number of likely N-dealkylation sites (N-methyl/N-ethyl adjacent to an activating group) is 2. The molecule has 2 fully saturated rings. The molecule has 2 aromatic carbocycles. The van der Waals surface area contributed by atoms with Crippen LogP contribution in [0.4, 0.5) is 0 Å². The van der Waals surface area contributed by atoms with Crippen molar-refractivity contribution in [2.75, 3.05) is 92.6 Å². The molecule has 242 valence electrons. The molecule has 4 aromatic rings. The van der Waals surface area contributed by atoms with Crippen molar-refractivity contribution in [3.63, 3.8) is 0 Å². The minimum absolute atomic E-state index is 0.728. The second kappa shape index (κ2) is 15.7. The van der Waals surface area contributed by atoms with Gasteiger partial charge in [0.1, 0.15) is 5.65 Å². The van der Waals surface area contributed by atoms with Crippen LogP contribution >= 0.6 is 0 Å². The summed E-state index contributed by atoms with van der Waals surface area (Å²) in [6.45, 7) is 13.3. The Morgan fingerprint density at radius 1 is 0.609 bits per heavy atom. The molecular weight excluding hydrogens is 570 g/mol. The molecule has 0 aliphatic carbocycles. The Balaban J connectivity index is 1.07. The number of fused-ring (bicyclic) bond motifs is 1. The molecule has 4 heterocycles. The second-order valence-electron chi connectivity index (χ2n) is 12.9. The van der Waals surface area contributed by atoms with Crippen LogP contribution in [0.5, 0.6) is 0 Å². The minimum atomic E-state index is 0.728. The number of nitrogens with zero attached hydrogens (tertiary/aromatic N) is 9. The summed E-state index contributed by atoms with van der Waals surface area (Å²) in [5.41, 5.74) is 6.15. The Labute approximate surface area is 274 Å². The van der Waals surface area contributed by atoms with Crippen LogP contribution in [0.15, 0.2) is 70.8 Å². The Morgan fingerprint density at radius 2 is 1.11 bits per heavy atom. The lowest BCUT2D eigenvalue weighted by molar-refractivity contribution is 0.153. The fraction of sp³-hybridized carbons (Fsp3) is 0.459. The fourth-order valence-electron chi connectivity index (χ4n) is 6.19. The van der Waals surface area contributed by atoms with Crippen LogP contribution in [0, 0.1) is 0 Å². The Morgan fingerprint density at radius 3 is 1.63 bits per heavy atom. The van der Waals surface area contributed by atoms with Crippen molar-refractivity contribution in [2.24, 2.45) is 17.0 Å². The number of hydrogen-bond donors (Lipinski definition) is 0. The van der Waals surface area contributed by atoms with Crippen molar-refractivity contribution >= 4 is 23.5 Å². The Bertz CT molecular complexity index is 1590. The predicted octanol–water partition coefficient (Wildman–Crippen LogP) is 4.42. The van der Waals surface area contributed by atoms with Gasteiger partial charge in [-0.15, -0.1) is 0 Å². The van der Waals surface area contributed by atoms with Crippen LogP contribution in [0.2, 0.25) is 0 Å². The number of rotatable bonds is 12. The molecule has 2 aromatic heterocycles. The van der Waals surface area contributed by atoms with Crippen LogP contribution in [0.3, 0.4) is 0 Å². The number of aromatic nitrogens is 3. The van der Waals surface area contributed by atoms with Crippen LogP contribution in [-0.4, -0.2) is 139 Å². The maximum atomic E-state index is 5.08. The molecule has 0 amide bonds. The summed E-state index contributed by atoms with van der Waals surface area (Å²) in [5.74, 6) is 0.728. The van der Waals surface area contributed by atoms with E-state index in [0.29, 0.717) is 0 Å². The van der Waals surface area contributed by atoms with E-state index in [9.17, 15) is 0 Å². The highest BCUT2D eigenvalue weighted by atomic mass is 15.2. The van der Waals surface area contributed by atoms with Gasteiger partial charge in [-0.25, -0.2) is 9.97 Å². The van der Waals surface area contributed by atoms with Crippen molar-refractivity contribution in [3.05, 3.63) is 71.9 Å². The fourth-order valence-corrected chi connectivity index (χ4v) is 6.19. The highest BCUT2D eigenvalue weighted by Gasteiger charge is 2.15. The largest absolute Gasteiger partial charge is 0.335 e. The molecule has 0 atom stereocenters. The van der Waals surface area contributed by atoms with Gasteiger partial charge in [0.25, 0.3) is 0 Å². The first-order valence-electron chi connectivity index (χ1n) is 16.9. The number of aryl methyl sites for hydroxylation is 1. The van der Waals surface area contributed by atoms with E-state index in [0.717, 1.165) is 123 Å². The lowest BCUT2D eigenvalue weighted by Crippen LogP contribution is -2.44. The first-order chi connectivity index (χ1) is 22.5. The summed E-state index contributed by atoms with van der Waals surface area (Å²) >= 11 is 0. The van der Waals surface area contributed by atoms with E-state index in [1.165, 1.54) is 13.1 Å². The summed E-state index contributed by atoms with van der Waals surface area (Å²) in [5, 5.41) is 1.05. The smallest absolute Gasteiger partial charge is 0.162 e. The van der Waals surface area contributed by atoms with E-state index in [1.807, 2.05) is 19.5 Å². The molecule has 0 N–H and O–H groups in total. The molecule has 2 aliphatic rings. The molecule has 9 heteroatoms. The highest BCUT2D eigenvalue weighted by molar-refractivity contribution is 5.93. The van der Waals surface area contributed by atoms with Crippen molar-refractivity contribution in [3.8, 4) is 22.6 Å². The monoisotopic (exact) mass is 619 g/mol. The maximum absolute atomic E-state index is 5.08. The normalized spacial score (nSPS) is 17.6. The number of piperazine rings is 2. The molecular formula is C37H49N9. The summed E-state index contributed by atoms with van der Waals surface area (Å²) in [6.07, 6.45) is 8.23. The zero-order valence-corrected chi connectivity index (χ0v) is 27.9. The van der Waals surface area contributed by atoms with Crippen LogP contribution in [0.25, 0.3) is 33.7 Å². The van der Waals surface area contributed by atoms with Gasteiger partial charge in [-0.05, 0) is 57.2 Å². The van der Waals surface area contributed by atoms with Crippen molar-refractivity contribution in [1.82, 2.24) is 34.1 Å². The van der Waals surface area contributed by atoms with Gasteiger partial charge >= 0.3 is 0 Å². The molecule has 0 radical (unpaired) electrons. The standard InChI is InChI=1S/C37H49N9/c1-42-20-24-45(25-21-42)17-4-15-38-28-30-6-10-32(11-7-30)35-34-14-19-44(3)37(34)41-36(40-35)33-12-8-31(9-13-33)29-39-16-5-18-46-26-22-43(2)23-27-46/h6-14,19,28-29H,4-5,15-18,20-27H2,1-3H3. The van der Waals surface area contributed by atoms with Gasteiger partial charge < -0.3 is 24.2 Å². The third kappa shape index (κ3) is 8.53. The Kier molecular flexibility index (Phi) is 11.0. The molecule has 6 rings (SSSR count). The third-order valence-electron chi connectivity index (χ3n) is 9.27. The van der Waals surface area contributed by atoms with Crippen molar-refractivity contribution in [1.29, 1.82) is 0 Å². The van der Waals surface area contributed by atoms with E-state index < -0.39 is 0 Å². The van der Waals surface area contributed by atoms with Gasteiger partial charge in [0.2, 0.25) is 0 Å².